The Kier molecular flexibility index (Phi) is 4.05. The Bertz CT molecular complexity index is 700. The smallest absolute Gasteiger partial charge is 0.323 e. The Morgan fingerprint density at radius 2 is 2.17 bits per heavy atom. The molecule has 2 N–H and O–H groups in total. The number of urea groups is 1. The molecule has 1 saturated carbocycles. The van der Waals surface area contributed by atoms with E-state index in [1.807, 2.05) is 6.07 Å². The lowest BCUT2D eigenvalue weighted by molar-refractivity contribution is -0.131. The van der Waals surface area contributed by atoms with Gasteiger partial charge in [-0.05, 0) is 24.3 Å². The van der Waals surface area contributed by atoms with Crippen molar-refractivity contribution in [3.8, 4) is 6.07 Å². The average Bonchev–Trinajstić information content (AvgIpc) is 3.21. The Morgan fingerprint density at radius 1 is 1.43 bits per heavy atom. The summed E-state index contributed by atoms with van der Waals surface area (Å²) in [6.45, 7) is 0.0471. The molecule has 1 spiro atoms. The summed E-state index contributed by atoms with van der Waals surface area (Å²) in [7, 11) is 0. The quantitative estimate of drug-likeness (QED) is 0.821. The van der Waals surface area contributed by atoms with Crippen molar-refractivity contribution in [2.75, 3.05) is 11.9 Å². The number of imide groups is 1. The fourth-order valence-corrected chi connectivity index (χ4v) is 3.85. The number of rotatable bonds is 4. The highest BCUT2D eigenvalue weighted by atomic mass is 32.1. The number of carbonyl (C=O) groups excluding carboxylic acids is 3. The van der Waals surface area contributed by atoms with Crippen LogP contribution in [0, 0.1) is 11.3 Å². The predicted octanol–water partition coefficient (Wildman–Crippen LogP) is 1.81. The molecule has 0 radical (unpaired) electrons. The third-order valence-corrected chi connectivity index (χ3v) is 5.13. The minimum Gasteiger partial charge on any atom is -0.323 e. The second-order valence-electron chi connectivity index (χ2n) is 5.75. The first kappa shape index (κ1) is 15.5. The molecule has 0 unspecified atom stereocenters. The van der Waals surface area contributed by atoms with E-state index >= 15 is 0 Å². The number of hydrogen-bond acceptors (Lipinski definition) is 5. The van der Waals surface area contributed by atoms with Gasteiger partial charge in [0.2, 0.25) is 5.91 Å². The molecule has 2 aliphatic rings. The maximum absolute atomic E-state index is 12.4. The van der Waals surface area contributed by atoms with Gasteiger partial charge in [0.15, 0.2) is 0 Å². The van der Waals surface area contributed by atoms with Gasteiger partial charge in [-0.1, -0.05) is 12.8 Å². The van der Waals surface area contributed by atoms with Crippen molar-refractivity contribution < 1.29 is 14.4 Å². The van der Waals surface area contributed by atoms with Gasteiger partial charge in [-0.2, -0.15) is 5.26 Å². The van der Waals surface area contributed by atoms with Crippen LogP contribution in [-0.4, -0.2) is 34.8 Å². The van der Waals surface area contributed by atoms with Gasteiger partial charge < -0.3 is 10.6 Å². The summed E-state index contributed by atoms with van der Waals surface area (Å²) in [4.78, 5) is 37.5. The van der Waals surface area contributed by atoms with Crippen LogP contribution in [0.3, 0.4) is 0 Å². The molecule has 120 valence electrons. The SMILES string of the molecule is N#Cc1ccsc1NC(=O)CCN1C(=O)NC2(CCCC2)C1=O. The first-order valence-corrected chi connectivity index (χ1v) is 8.35. The molecule has 4 amide bonds. The standard InChI is InChI=1S/C15H16N4O3S/c16-9-10-4-8-23-12(10)17-11(20)3-7-19-13(21)15(18-14(19)22)5-1-2-6-15/h4,8H,1-3,5-7H2,(H,17,20)(H,18,22). The van der Waals surface area contributed by atoms with E-state index in [1.54, 1.807) is 11.4 Å². The Morgan fingerprint density at radius 3 is 2.87 bits per heavy atom. The van der Waals surface area contributed by atoms with Crippen LogP contribution >= 0.6 is 11.3 Å². The molecule has 1 aromatic rings. The monoisotopic (exact) mass is 332 g/mol. The topological polar surface area (TPSA) is 102 Å². The number of nitrogens with zero attached hydrogens (tertiary/aromatic N) is 2. The van der Waals surface area contributed by atoms with E-state index in [-0.39, 0.29) is 24.8 Å². The van der Waals surface area contributed by atoms with Crippen LogP contribution < -0.4 is 10.6 Å². The van der Waals surface area contributed by atoms with Crippen LogP contribution in [0.15, 0.2) is 11.4 Å². The van der Waals surface area contributed by atoms with E-state index in [1.165, 1.54) is 11.3 Å². The summed E-state index contributed by atoms with van der Waals surface area (Å²) in [5.74, 6) is -0.543. The molecule has 0 bridgehead atoms. The summed E-state index contributed by atoms with van der Waals surface area (Å²) in [6.07, 6.45) is 3.20. The zero-order valence-corrected chi connectivity index (χ0v) is 13.2. The average molecular weight is 332 g/mol. The van der Waals surface area contributed by atoms with Crippen LogP contribution in [0.2, 0.25) is 0 Å². The van der Waals surface area contributed by atoms with Crippen molar-refractivity contribution in [2.24, 2.45) is 0 Å². The molecule has 7 nitrogen and oxygen atoms in total. The van der Waals surface area contributed by atoms with E-state index in [4.69, 9.17) is 5.26 Å². The number of nitriles is 1. The van der Waals surface area contributed by atoms with Crippen molar-refractivity contribution in [2.45, 2.75) is 37.6 Å². The molecule has 1 aromatic heterocycles. The Balaban J connectivity index is 1.58. The van der Waals surface area contributed by atoms with Gasteiger partial charge >= 0.3 is 6.03 Å². The summed E-state index contributed by atoms with van der Waals surface area (Å²) < 4.78 is 0. The van der Waals surface area contributed by atoms with Crippen LogP contribution in [0.4, 0.5) is 9.80 Å². The van der Waals surface area contributed by atoms with Crippen molar-refractivity contribution in [1.82, 2.24) is 10.2 Å². The van der Waals surface area contributed by atoms with Gasteiger partial charge in [0, 0.05) is 13.0 Å². The number of amides is 4. The first-order valence-electron chi connectivity index (χ1n) is 7.47. The van der Waals surface area contributed by atoms with Crippen LogP contribution in [0.25, 0.3) is 0 Å². The second-order valence-corrected chi connectivity index (χ2v) is 6.67. The second kappa shape index (κ2) is 6.01. The number of hydrogen-bond donors (Lipinski definition) is 2. The van der Waals surface area contributed by atoms with Gasteiger partial charge in [-0.15, -0.1) is 11.3 Å². The maximum Gasteiger partial charge on any atom is 0.325 e. The third-order valence-electron chi connectivity index (χ3n) is 4.30. The molecule has 2 fully saturated rings. The number of carbonyl (C=O) groups is 3. The molecule has 1 saturated heterocycles. The van der Waals surface area contributed by atoms with Gasteiger partial charge in [-0.3, -0.25) is 14.5 Å². The lowest BCUT2D eigenvalue weighted by Gasteiger charge is -2.19. The minimum absolute atomic E-state index is 0.0119. The van der Waals surface area contributed by atoms with Crippen LogP contribution in [-0.2, 0) is 9.59 Å². The highest BCUT2D eigenvalue weighted by Gasteiger charge is 2.52. The van der Waals surface area contributed by atoms with E-state index in [9.17, 15) is 14.4 Å². The van der Waals surface area contributed by atoms with Crippen molar-refractivity contribution in [3.05, 3.63) is 17.0 Å². The van der Waals surface area contributed by atoms with Gasteiger partial charge in [-0.25, -0.2) is 4.79 Å². The third kappa shape index (κ3) is 2.80. The van der Waals surface area contributed by atoms with Gasteiger partial charge in [0.1, 0.15) is 16.6 Å². The van der Waals surface area contributed by atoms with Crippen molar-refractivity contribution >= 4 is 34.2 Å². The van der Waals surface area contributed by atoms with E-state index in [0.717, 1.165) is 17.7 Å². The molecular formula is C15H16N4O3S. The summed E-state index contributed by atoms with van der Waals surface area (Å²) in [5.41, 5.74) is -0.335. The minimum atomic E-state index is -0.741. The zero-order chi connectivity index (χ0) is 16.4. The summed E-state index contributed by atoms with van der Waals surface area (Å²) >= 11 is 1.26. The van der Waals surface area contributed by atoms with Crippen LogP contribution in [0.5, 0.6) is 0 Å². The largest absolute Gasteiger partial charge is 0.325 e. The Labute approximate surface area is 137 Å². The molecule has 3 rings (SSSR count). The van der Waals surface area contributed by atoms with Gasteiger partial charge in [0.05, 0.1) is 5.56 Å². The highest BCUT2D eigenvalue weighted by molar-refractivity contribution is 7.14. The highest BCUT2D eigenvalue weighted by Crippen LogP contribution is 2.35. The molecule has 1 aliphatic heterocycles. The van der Waals surface area contributed by atoms with Crippen LogP contribution in [0.1, 0.15) is 37.7 Å². The first-order chi connectivity index (χ1) is 11.1. The van der Waals surface area contributed by atoms with Gasteiger partial charge in [0.25, 0.3) is 5.91 Å². The lowest BCUT2D eigenvalue weighted by Crippen LogP contribution is -2.44. The lowest BCUT2D eigenvalue weighted by atomic mass is 9.98. The normalized spacial score (nSPS) is 19.0. The number of nitrogens with one attached hydrogen (secondary N) is 2. The van der Waals surface area contributed by atoms with E-state index in [2.05, 4.69) is 10.6 Å². The Hall–Kier alpha value is -2.40. The maximum atomic E-state index is 12.4. The molecule has 2 heterocycles. The molecule has 8 heteroatoms. The number of anilines is 1. The summed E-state index contributed by atoms with van der Waals surface area (Å²) in [5, 5.41) is 16.5. The number of thiophene rings is 1. The predicted molar refractivity (Wildman–Crippen MR) is 83.7 cm³/mol. The fourth-order valence-electron chi connectivity index (χ4n) is 3.09. The zero-order valence-electron chi connectivity index (χ0n) is 12.4. The molecule has 23 heavy (non-hydrogen) atoms. The summed E-state index contributed by atoms with van der Waals surface area (Å²) in [6, 6.07) is 3.20. The van der Waals surface area contributed by atoms with Crippen molar-refractivity contribution in [3.63, 3.8) is 0 Å². The fraction of sp³-hybridized carbons (Fsp3) is 0.467. The van der Waals surface area contributed by atoms with E-state index in [0.29, 0.717) is 23.4 Å². The molecule has 0 atom stereocenters. The molecular weight excluding hydrogens is 316 g/mol. The van der Waals surface area contributed by atoms with E-state index < -0.39 is 11.6 Å². The van der Waals surface area contributed by atoms with Crippen molar-refractivity contribution in [1.29, 1.82) is 5.26 Å². The molecule has 1 aliphatic carbocycles. The molecule has 0 aromatic carbocycles.